The van der Waals surface area contributed by atoms with Crippen molar-refractivity contribution in [1.29, 1.82) is 0 Å². The zero-order valence-corrected chi connectivity index (χ0v) is 18.5. The number of esters is 2. The predicted octanol–water partition coefficient (Wildman–Crippen LogP) is 2.31. The van der Waals surface area contributed by atoms with Gasteiger partial charge in [0.05, 0.1) is 23.4 Å². The molecular weight excluding hydrogens is 364 g/mol. The Kier molecular flexibility index (Phi) is 8.29. The van der Waals surface area contributed by atoms with Gasteiger partial charge in [-0.25, -0.2) is 4.79 Å². The SMILES string of the molecule is CN(C)CCOC(=O)N1C[C@@H](OC(=O)C(C)(C)C)C[C@@H]1COC(=O)C(C)(C)C. The highest BCUT2D eigenvalue weighted by Gasteiger charge is 2.40. The Morgan fingerprint density at radius 2 is 1.54 bits per heavy atom. The number of amides is 1. The maximum absolute atomic E-state index is 12.5. The van der Waals surface area contributed by atoms with E-state index in [-0.39, 0.29) is 31.7 Å². The molecule has 1 saturated heterocycles. The molecule has 1 fully saturated rings. The van der Waals surface area contributed by atoms with E-state index in [9.17, 15) is 14.4 Å². The largest absolute Gasteiger partial charge is 0.463 e. The van der Waals surface area contributed by atoms with Crippen LogP contribution in [0.25, 0.3) is 0 Å². The summed E-state index contributed by atoms with van der Waals surface area (Å²) in [5.41, 5.74) is -1.26. The van der Waals surface area contributed by atoms with Crippen LogP contribution in [0.5, 0.6) is 0 Å². The van der Waals surface area contributed by atoms with Crippen molar-refractivity contribution in [2.24, 2.45) is 10.8 Å². The number of nitrogens with zero attached hydrogens (tertiary/aromatic N) is 2. The Balaban J connectivity index is 2.77. The van der Waals surface area contributed by atoms with Crippen molar-refractivity contribution in [2.45, 2.75) is 60.1 Å². The molecule has 1 aliphatic heterocycles. The van der Waals surface area contributed by atoms with E-state index in [1.54, 1.807) is 41.5 Å². The van der Waals surface area contributed by atoms with Crippen LogP contribution in [0.2, 0.25) is 0 Å². The molecule has 0 aliphatic carbocycles. The highest BCUT2D eigenvalue weighted by molar-refractivity contribution is 5.76. The first-order chi connectivity index (χ1) is 12.7. The molecule has 2 atom stereocenters. The lowest BCUT2D eigenvalue weighted by Crippen LogP contribution is -2.41. The Labute approximate surface area is 168 Å². The number of hydrogen-bond donors (Lipinski definition) is 0. The second-order valence-electron chi connectivity index (χ2n) is 9.59. The zero-order chi connectivity index (χ0) is 21.7. The molecule has 0 bridgehead atoms. The van der Waals surface area contributed by atoms with E-state index >= 15 is 0 Å². The van der Waals surface area contributed by atoms with Gasteiger partial charge in [0.15, 0.2) is 0 Å². The fourth-order valence-corrected chi connectivity index (χ4v) is 2.46. The molecule has 1 rings (SSSR count). The molecule has 1 aliphatic rings. The van der Waals surface area contributed by atoms with Gasteiger partial charge in [-0.15, -0.1) is 0 Å². The van der Waals surface area contributed by atoms with Crippen LogP contribution in [0.15, 0.2) is 0 Å². The van der Waals surface area contributed by atoms with Crippen LogP contribution in [0.1, 0.15) is 48.0 Å². The molecule has 1 amide bonds. The zero-order valence-electron chi connectivity index (χ0n) is 18.5. The smallest absolute Gasteiger partial charge is 0.410 e. The van der Waals surface area contributed by atoms with Crippen LogP contribution in [0.3, 0.4) is 0 Å². The highest BCUT2D eigenvalue weighted by atomic mass is 16.6. The second-order valence-corrected chi connectivity index (χ2v) is 9.59. The minimum absolute atomic E-state index is 0.0441. The Morgan fingerprint density at radius 1 is 0.964 bits per heavy atom. The third-order valence-corrected chi connectivity index (χ3v) is 4.28. The first-order valence-electron chi connectivity index (χ1n) is 9.68. The van der Waals surface area contributed by atoms with E-state index in [2.05, 4.69) is 0 Å². The fraction of sp³-hybridized carbons (Fsp3) is 0.850. The molecule has 0 aromatic carbocycles. The van der Waals surface area contributed by atoms with Crippen molar-refractivity contribution in [3.63, 3.8) is 0 Å². The van der Waals surface area contributed by atoms with Crippen molar-refractivity contribution >= 4 is 18.0 Å². The molecule has 0 aromatic heterocycles. The number of carbonyl (C=O) groups is 3. The first-order valence-corrected chi connectivity index (χ1v) is 9.68. The Bertz CT molecular complexity index is 562. The van der Waals surface area contributed by atoms with E-state index in [0.717, 1.165) is 0 Å². The number of carbonyl (C=O) groups excluding carboxylic acids is 3. The van der Waals surface area contributed by atoms with Crippen LogP contribution in [-0.4, -0.2) is 80.4 Å². The van der Waals surface area contributed by atoms with Gasteiger partial charge < -0.3 is 19.1 Å². The minimum atomic E-state index is -0.631. The predicted molar refractivity (Wildman–Crippen MR) is 105 cm³/mol. The summed E-state index contributed by atoms with van der Waals surface area (Å²) in [6.45, 7) is 11.8. The Hall–Kier alpha value is -1.83. The van der Waals surface area contributed by atoms with Gasteiger partial charge >= 0.3 is 18.0 Å². The summed E-state index contributed by atoms with van der Waals surface area (Å²) in [5, 5.41) is 0. The molecule has 0 radical (unpaired) electrons. The molecule has 8 nitrogen and oxygen atoms in total. The van der Waals surface area contributed by atoms with Crippen LogP contribution < -0.4 is 0 Å². The van der Waals surface area contributed by atoms with Gasteiger partial charge in [-0.3, -0.25) is 14.5 Å². The highest BCUT2D eigenvalue weighted by Crippen LogP contribution is 2.26. The summed E-state index contributed by atoms with van der Waals surface area (Å²) in [6, 6.07) is -0.393. The van der Waals surface area contributed by atoms with E-state index in [1.165, 1.54) is 4.90 Å². The molecule has 0 aromatic rings. The minimum Gasteiger partial charge on any atom is -0.463 e. The number of rotatable bonds is 6. The van der Waals surface area contributed by atoms with Gasteiger partial charge in [0.2, 0.25) is 0 Å². The summed E-state index contributed by atoms with van der Waals surface area (Å²) in [5.74, 6) is -0.672. The van der Waals surface area contributed by atoms with E-state index in [0.29, 0.717) is 13.0 Å². The monoisotopic (exact) mass is 400 g/mol. The van der Waals surface area contributed by atoms with Crippen molar-refractivity contribution in [3.8, 4) is 0 Å². The lowest BCUT2D eigenvalue weighted by molar-refractivity contribution is -0.158. The van der Waals surface area contributed by atoms with E-state index < -0.39 is 29.1 Å². The van der Waals surface area contributed by atoms with Crippen LogP contribution in [0, 0.1) is 10.8 Å². The molecular formula is C20H36N2O6. The maximum Gasteiger partial charge on any atom is 0.410 e. The molecule has 8 heteroatoms. The molecule has 0 N–H and O–H groups in total. The molecule has 0 spiro atoms. The average molecular weight is 401 g/mol. The normalized spacial score (nSPS) is 20.2. The van der Waals surface area contributed by atoms with Gasteiger partial charge in [0.1, 0.15) is 19.3 Å². The van der Waals surface area contributed by atoms with E-state index in [1.807, 2.05) is 19.0 Å². The molecule has 0 unspecified atom stereocenters. The lowest BCUT2D eigenvalue weighted by Gasteiger charge is -2.25. The average Bonchev–Trinajstić information content (AvgIpc) is 2.93. The summed E-state index contributed by atoms with van der Waals surface area (Å²) >= 11 is 0. The van der Waals surface area contributed by atoms with Gasteiger partial charge in [-0.05, 0) is 55.6 Å². The molecule has 1 heterocycles. The quantitative estimate of drug-likeness (QED) is 0.499. The lowest BCUT2D eigenvalue weighted by atomic mass is 9.97. The summed E-state index contributed by atoms with van der Waals surface area (Å²) in [7, 11) is 3.78. The third kappa shape index (κ3) is 7.66. The van der Waals surface area contributed by atoms with Gasteiger partial charge in [0.25, 0.3) is 0 Å². The van der Waals surface area contributed by atoms with Crippen LogP contribution in [-0.2, 0) is 23.8 Å². The summed E-state index contributed by atoms with van der Waals surface area (Å²) in [6.07, 6.45) is -0.540. The molecule has 28 heavy (non-hydrogen) atoms. The first kappa shape index (κ1) is 24.2. The summed E-state index contributed by atoms with van der Waals surface area (Å²) in [4.78, 5) is 40.2. The van der Waals surface area contributed by atoms with Crippen LogP contribution >= 0.6 is 0 Å². The Morgan fingerprint density at radius 3 is 2.04 bits per heavy atom. The fourth-order valence-electron chi connectivity index (χ4n) is 2.46. The standard InChI is InChI=1S/C20H36N2O6/c1-19(2,3)16(23)27-13-14-11-15(28-17(24)20(4,5)6)12-22(14)18(25)26-10-9-21(7)8/h14-15H,9-13H2,1-8H3/t14-,15+/m1/s1. The maximum atomic E-state index is 12.5. The van der Waals surface area contributed by atoms with Crippen molar-refractivity contribution in [3.05, 3.63) is 0 Å². The van der Waals surface area contributed by atoms with Crippen molar-refractivity contribution in [2.75, 3.05) is 40.4 Å². The van der Waals surface area contributed by atoms with Gasteiger partial charge in [-0.1, -0.05) is 0 Å². The summed E-state index contributed by atoms with van der Waals surface area (Å²) < 4.78 is 16.3. The van der Waals surface area contributed by atoms with Crippen LogP contribution in [0.4, 0.5) is 4.79 Å². The number of likely N-dealkylation sites (N-methyl/N-ethyl adjacent to an activating group) is 1. The third-order valence-electron chi connectivity index (χ3n) is 4.28. The number of likely N-dealkylation sites (tertiary alicyclic amines) is 1. The topological polar surface area (TPSA) is 85.4 Å². The van der Waals surface area contributed by atoms with Gasteiger partial charge in [0, 0.05) is 13.0 Å². The molecule has 0 saturated carbocycles. The number of ether oxygens (including phenoxy) is 3. The number of hydrogen-bond acceptors (Lipinski definition) is 7. The van der Waals surface area contributed by atoms with E-state index in [4.69, 9.17) is 14.2 Å². The van der Waals surface area contributed by atoms with Gasteiger partial charge in [-0.2, -0.15) is 0 Å². The van der Waals surface area contributed by atoms with Crippen molar-refractivity contribution in [1.82, 2.24) is 9.80 Å². The van der Waals surface area contributed by atoms with Crippen molar-refractivity contribution < 1.29 is 28.6 Å². The molecule has 162 valence electrons. The second kappa shape index (κ2) is 9.58.